The molecule has 0 aromatic carbocycles. The monoisotopic (exact) mass is 301 g/mol. The number of aliphatic carboxylic acids is 1. The molecule has 0 saturated heterocycles. The first-order valence-electron chi connectivity index (χ1n) is 5.83. The molecule has 118 valence electrons. The van der Waals surface area contributed by atoms with E-state index < -0.39 is 12.1 Å². The molecule has 0 fully saturated rings. The summed E-state index contributed by atoms with van der Waals surface area (Å²) >= 11 is 0. The summed E-state index contributed by atoms with van der Waals surface area (Å²) in [5, 5.41) is 14.8. The molecule has 21 heavy (non-hydrogen) atoms. The van der Waals surface area contributed by atoms with E-state index in [4.69, 9.17) is 15.0 Å². The second-order valence-electron chi connectivity index (χ2n) is 3.24. The number of unbranched alkanes of at least 4 members (excludes halogenated alkanes) is 3. The Morgan fingerprint density at radius 3 is 1.48 bits per heavy atom. The average Bonchev–Trinajstić information content (AvgIpc) is 2.42. The highest BCUT2D eigenvalue weighted by Gasteiger charge is 1.87. The Kier molecular flexibility index (Phi) is 24.9. The molecule has 4 N–H and O–H groups in total. The summed E-state index contributed by atoms with van der Waals surface area (Å²) in [5.74, 6) is -0.981. The molecule has 0 aromatic heterocycles. The highest BCUT2D eigenvalue weighted by atomic mass is 16.4. The van der Waals surface area contributed by atoms with Crippen molar-refractivity contribution >= 4 is 24.2 Å². The molecule has 0 aliphatic heterocycles. The molecule has 0 spiro atoms. The molecule has 0 heterocycles. The largest absolute Gasteiger partial charge is 0.478 e. The first-order chi connectivity index (χ1) is 9.92. The van der Waals surface area contributed by atoms with Crippen molar-refractivity contribution in [3.63, 3.8) is 0 Å². The zero-order chi connectivity index (χ0) is 16.9. The van der Waals surface area contributed by atoms with Crippen molar-refractivity contribution in [1.82, 2.24) is 0 Å². The molecule has 0 unspecified atom stereocenters. The molecule has 0 bridgehead atoms. The minimum Gasteiger partial charge on any atom is -0.478 e. The van der Waals surface area contributed by atoms with Gasteiger partial charge in [-0.2, -0.15) is 0 Å². The number of rotatable bonds is 8. The van der Waals surface area contributed by atoms with Crippen molar-refractivity contribution in [3.8, 4) is 0 Å². The minimum atomic E-state index is -1.33. The Morgan fingerprint density at radius 1 is 1.00 bits per heavy atom. The average molecular weight is 301 g/mol. The minimum absolute atomic E-state index is 0.556. The van der Waals surface area contributed by atoms with Gasteiger partial charge >= 0.3 is 12.1 Å². The van der Waals surface area contributed by atoms with Gasteiger partial charge in [0.05, 0.1) is 13.1 Å². The van der Waals surface area contributed by atoms with Crippen LogP contribution in [0.4, 0.5) is 4.79 Å². The standard InChI is InChI=1S/C8H12N2O2.C3H4O2.CH3NO2/c11-7-9-5-3-1-2-4-6-10-8-12;1-2-3(4)5;2-1(3)4/h1-6H2;2H,1H2,(H,4,5);2H2,(H,3,4). The lowest BCUT2D eigenvalue weighted by molar-refractivity contribution is -0.131. The highest BCUT2D eigenvalue weighted by Crippen LogP contribution is 1.99. The van der Waals surface area contributed by atoms with Crippen LogP contribution in [-0.4, -0.2) is 47.5 Å². The van der Waals surface area contributed by atoms with Gasteiger partial charge in [-0.15, -0.1) is 0 Å². The van der Waals surface area contributed by atoms with E-state index in [1.165, 1.54) is 12.2 Å². The number of nitrogens with two attached hydrogens (primary N) is 1. The molecule has 0 atom stereocenters. The van der Waals surface area contributed by atoms with Crippen molar-refractivity contribution in [2.45, 2.75) is 25.7 Å². The fourth-order valence-electron chi connectivity index (χ4n) is 0.827. The number of nitrogens with zero attached hydrogens (tertiary/aromatic N) is 2. The van der Waals surface area contributed by atoms with E-state index in [0.717, 1.165) is 31.8 Å². The van der Waals surface area contributed by atoms with Gasteiger partial charge in [0.2, 0.25) is 12.2 Å². The SMILES string of the molecule is C=CC(=O)O.NC(=O)O.O=C=NCCCCCCN=C=O. The van der Waals surface area contributed by atoms with Crippen LogP contribution in [0.15, 0.2) is 22.6 Å². The van der Waals surface area contributed by atoms with Gasteiger partial charge in [-0.1, -0.05) is 19.4 Å². The highest BCUT2D eigenvalue weighted by molar-refractivity contribution is 5.78. The topological polar surface area (TPSA) is 159 Å². The van der Waals surface area contributed by atoms with E-state index in [0.29, 0.717) is 13.1 Å². The number of carboxylic acid groups (broad SMARTS) is 2. The number of hydrogen-bond acceptors (Lipinski definition) is 6. The predicted molar refractivity (Wildman–Crippen MR) is 74.5 cm³/mol. The first-order valence-corrected chi connectivity index (χ1v) is 5.83. The van der Waals surface area contributed by atoms with Crippen LogP contribution < -0.4 is 5.73 Å². The van der Waals surface area contributed by atoms with Crippen LogP contribution in [0.2, 0.25) is 0 Å². The Hall–Kier alpha value is -2.76. The van der Waals surface area contributed by atoms with E-state index in [1.54, 1.807) is 0 Å². The number of amides is 1. The summed E-state index contributed by atoms with van der Waals surface area (Å²) in [6, 6.07) is 0. The molecule has 9 heteroatoms. The van der Waals surface area contributed by atoms with Gasteiger partial charge in [-0.05, 0) is 12.8 Å². The van der Waals surface area contributed by atoms with Crippen LogP contribution in [0.25, 0.3) is 0 Å². The number of hydrogen-bond donors (Lipinski definition) is 3. The van der Waals surface area contributed by atoms with E-state index in [1.807, 2.05) is 0 Å². The molecule has 0 aromatic rings. The fourth-order valence-corrected chi connectivity index (χ4v) is 0.827. The van der Waals surface area contributed by atoms with Crippen molar-refractivity contribution in [2.75, 3.05) is 13.1 Å². The van der Waals surface area contributed by atoms with Crippen molar-refractivity contribution < 1.29 is 29.4 Å². The summed E-state index contributed by atoms with van der Waals surface area (Å²) < 4.78 is 0. The number of isocyanates is 2. The Bertz CT molecular complexity index is 358. The van der Waals surface area contributed by atoms with E-state index >= 15 is 0 Å². The summed E-state index contributed by atoms with van der Waals surface area (Å²) in [7, 11) is 0. The van der Waals surface area contributed by atoms with Crippen LogP contribution in [0.5, 0.6) is 0 Å². The maximum Gasteiger partial charge on any atom is 0.402 e. The zero-order valence-electron chi connectivity index (χ0n) is 11.5. The van der Waals surface area contributed by atoms with Gasteiger partial charge in [-0.3, -0.25) is 0 Å². The maximum absolute atomic E-state index is 9.63. The lowest BCUT2D eigenvalue weighted by Crippen LogP contribution is -2.03. The third-order valence-corrected chi connectivity index (χ3v) is 1.59. The third-order valence-electron chi connectivity index (χ3n) is 1.59. The van der Waals surface area contributed by atoms with E-state index in [2.05, 4.69) is 22.3 Å². The van der Waals surface area contributed by atoms with Crippen LogP contribution in [0.3, 0.4) is 0 Å². The number of carbonyl (C=O) groups excluding carboxylic acids is 2. The molecule has 9 nitrogen and oxygen atoms in total. The van der Waals surface area contributed by atoms with Crippen LogP contribution in [-0.2, 0) is 14.4 Å². The lowest BCUT2D eigenvalue weighted by atomic mass is 10.2. The van der Waals surface area contributed by atoms with Gasteiger partial charge in [0.1, 0.15) is 0 Å². The number of carbonyl (C=O) groups is 2. The first kappa shape index (κ1) is 23.3. The normalized spacial score (nSPS) is 7.43. The second kappa shape index (κ2) is 22.4. The van der Waals surface area contributed by atoms with Crippen molar-refractivity contribution in [1.29, 1.82) is 0 Å². The Morgan fingerprint density at radius 2 is 1.29 bits per heavy atom. The predicted octanol–water partition coefficient (Wildman–Crippen LogP) is 1.10. The summed E-state index contributed by atoms with van der Waals surface area (Å²) in [6.07, 6.45) is 6.30. The van der Waals surface area contributed by atoms with Gasteiger partial charge in [-0.25, -0.2) is 29.2 Å². The van der Waals surface area contributed by atoms with E-state index in [-0.39, 0.29) is 0 Å². The van der Waals surface area contributed by atoms with Crippen molar-refractivity contribution in [3.05, 3.63) is 12.7 Å². The quantitative estimate of drug-likeness (QED) is 0.263. The van der Waals surface area contributed by atoms with Crippen LogP contribution in [0.1, 0.15) is 25.7 Å². The smallest absolute Gasteiger partial charge is 0.402 e. The summed E-state index contributed by atoms with van der Waals surface area (Å²) in [5.41, 5.74) is 4.03. The number of primary amides is 1. The van der Waals surface area contributed by atoms with Crippen LogP contribution >= 0.6 is 0 Å². The fraction of sp³-hybridized carbons (Fsp3) is 0.500. The second-order valence-corrected chi connectivity index (χ2v) is 3.24. The van der Waals surface area contributed by atoms with Gasteiger partial charge in [0, 0.05) is 6.08 Å². The molecule has 0 aliphatic rings. The lowest BCUT2D eigenvalue weighted by Gasteiger charge is -1.93. The molecule has 0 radical (unpaired) electrons. The molecular weight excluding hydrogens is 282 g/mol. The van der Waals surface area contributed by atoms with Gasteiger partial charge in [0.25, 0.3) is 0 Å². The summed E-state index contributed by atoms with van der Waals surface area (Å²) in [6.45, 7) is 4.07. The number of aliphatic imine (C=N–C) groups is 2. The number of carboxylic acids is 1. The third kappa shape index (κ3) is 59.0. The maximum atomic E-state index is 9.63. The van der Waals surface area contributed by atoms with Crippen molar-refractivity contribution in [2.24, 2.45) is 15.7 Å². The van der Waals surface area contributed by atoms with E-state index in [9.17, 15) is 14.4 Å². The molecule has 0 rings (SSSR count). The Labute approximate surface area is 121 Å². The molecule has 0 aliphatic carbocycles. The molecule has 0 saturated carbocycles. The summed E-state index contributed by atoms with van der Waals surface area (Å²) in [4.78, 5) is 44.1. The zero-order valence-corrected chi connectivity index (χ0v) is 11.5. The molecular formula is C12H19N3O6. The Balaban J connectivity index is -0.000000297. The van der Waals surface area contributed by atoms with Crippen LogP contribution in [0, 0.1) is 0 Å². The van der Waals surface area contributed by atoms with Gasteiger partial charge in [0.15, 0.2) is 0 Å². The molecule has 1 amide bonds. The van der Waals surface area contributed by atoms with Gasteiger partial charge < -0.3 is 15.9 Å².